The zero-order valence-electron chi connectivity index (χ0n) is 10.4. The number of anilines is 1. The highest BCUT2D eigenvalue weighted by atomic mass is 16.2. The molecule has 2 aliphatic rings. The zero-order chi connectivity index (χ0) is 12.6. The number of terminal acetylenes is 1. The van der Waals surface area contributed by atoms with Gasteiger partial charge in [-0.05, 0) is 30.4 Å². The van der Waals surface area contributed by atoms with E-state index in [2.05, 4.69) is 10.9 Å². The molecule has 2 fully saturated rings. The van der Waals surface area contributed by atoms with Gasteiger partial charge in [0, 0.05) is 19.2 Å². The van der Waals surface area contributed by atoms with Crippen molar-refractivity contribution in [3.63, 3.8) is 0 Å². The molecule has 0 unspecified atom stereocenters. The molecule has 1 aliphatic heterocycles. The van der Waals surface area contributed by atoms with Crippen LogP contribution in [0.5, 0.6) is 0 Å². The molecular weight excluding hydrogens is 224 g/mol. The maximum Gasteiger partial charge on any atom is 0.228 e. The maximum atomic E-state index is 12.2. The zero-order valence-corrected chi connectivity index (χ0v) is 10.4. The van der Waals surface area contributed by atoms with E-state index in [1.165, 1.54) is 12.8 Å². The van der Waals surface area contributed by atoms with Crippen LogP contribution in [-0.2, 0) is 4.79 Å². The van der Waals surface area contributed by atoms with Crippen molar-refractivity contribution in [2.75, 3.05) is 11.4 Å². The Labute approximate surface area is 107 Å². The summed E-state index contributed by atoms with van der Waals surface area (Å²) in [5, 5.41) is 0. The van der Waals surface area contributed by atoms with Gasteiger partial charge in [-0.25, -0.2) is 4.98 Å². The smallest absolute Gasteiger partial charge is 0.228 e. The van der Waals surface area contributed by atoms with Crippen LogP contribution in [0.3, 0.4) is 0 Å². The molecule has 92 valence electrons. The summed E-state index contributed by atoms with van der Waals surface area (Å²) in [4.78, 5) is 18.3. The molecule has 1 spiro atoms. The SMILES string of the molecule is C#Cc1cccnc1N1CC2(CCCC2)CC1=O. The van der Waals surface area contributed by atoms with Gasteiger partial charge >= 0.3 is 0 Å². The van der Waals surface area contributed by atoms with Crippen molar-refractivity contribution in [3.05, 3.63) is 23.9 Å². The molecule has 2 heterocycles. The van der Waals surface area contributed by atoms with Gasteiger partial charge in [0.15, 0.2) is 5.82 Å². The topological polar surface area (TPSA) is 33.2 Å². The number of pyridine rings is 1. The number of carbonyl (C=O) groups excluding carboxylic acids is 1. The van der Waals surface area contributed by atoms with Crippen molar-refractivity contribution in [2.45, 2.75) is 32.1 Å². The highest BCUT2D eigenvalue weighted by molar-refractivity contribution is 5.96. The van der Waals surface area contributed by atoms with E-state index in [4.69, 9.17) is 6.42 Å². The molecule has 1 aromatic heterocycles. The van der Waals surface area contributed by atoms with Crippen molar-refractivity contribution in [2.24, 2.45) is 5.41 Å². The lowest BCUT2D eigenvalue weighted by Gasteiger charge is -2.22. The molecule has 0 atom stereocenters. The Morgan fingerprint density at radius 3 is 2.89 bits per heavy atom. The van der Waals surface area contributed by atoms with Crippen LogP contribution in [0.25, 0.3) is 0 Å². The molecule has 3 rings (SSSR count). The Morgan fingerprint density at radius 2 is 2.17 bits per heavy atom. The second-order valence-corrected chi connectivity index (χ2v) is 5.38. The van der Waals surface area contributed by atoms with Crippen molar-refractivity contribution < 1.29 is 4.79 Å². The van der Waals surface area contributed by atoms with E-state index in [-0.39, 0.29) is 11.3 Å². The molecule has 18 heavy (non-hydrogen) atoms. The van der Waals surface area contributed by atoms with Crippen LogP contribution in [0.2, 0.25) is 0 Å². The van der Waals surface area contributed by atoms with Gasteiger partial charge in [0.2, 0.25) is 5.91 Å². The van der Waals surface area contributed by atoms with E-state index in [9.17, 15) is 4.79 Å². The van der Waals surface area contributed by atoms with Crippen molar-refractivity contribution in [1.29, 1.82) is 0 Å². The lowest BCUT2D eigenvalue weighted by Crippen LogP contribution is -2.28. The highest BCUT2D eigenvalue weighted by Crippen LogP contribution is 2.46. The predicted octanol–water partition coefficient (Wildman–Crippen LogP) is 2.36. The second-order valence-electron chi connectivity index (χ2n) is 5.38. The number of aromatic nitrogens is 1. The Morgan fingerprint density at radius 1 is 1.39 bits per heavy atom. The van der Waals surface area contributed by atoms with Crippen LogP contribution in [0, 0.1) is 17.8 Å². The summed E-state index contributed by atoms with van der Waals surface area (Å²) in [5.74, 6) is 3.45. The summed E-state index contributed by atoms with van der Waals surface area (Å²) < 4.78 is 0. The van der Waals surface area contributed by atoms with Crippen molar-refractivity contribution in [1.82, 2.24) is 4.98 Å². The van der Waals surface area contributed by atoms with Gasteiger partial charge in [0.05, 0.1) is 5.56 Å². The number of hydrogen-bond acceptors (Lipinski definition) is 2. The van der Waals surface area contributed by atoms with E-state index in [0.717, 1.165) is 19.4 Å². The molecular formula is C15H16N2O. The normalized spacial score (nSPS) is 21.5. The molecule has 1 aromatic rings. The fraction of sp³-hybridized carbons (Fsp3) is 0.467. The first-order valence-corrected chi connectivity index (χ1v) is 6.46. The third-order valence-corrected chi connectivity index (χ3v) is 4.18. The van der Waals surface area contributed by atoms with E-state index in [0.29, 0.717) is 17.8 Å². The average molecular weight is 240 g/mol. The van der Waals surface area contributed by atoms with Crippen molar-refractivity contribution in [3.8, 4) is 12.3 Å². The molecule has 0 bridgehead atoms. The van der Waals surface area contributed by atoms with Gasteiger partial charge in [0.1, 0.15) is 0 Å². The third-order valence-electron chi connectivity index (χ3n) is 4.18. The monoisotopic (exact) mass is 240 g/mol. The van der Waals surface area contributed by atoms with Gasteiger partial charge < -0.3 is 0 Å². The standard InChI is InChI=1S/C15H16N2O/c1-2-12-6-5-9-16-14(12)17-11-15(10-13(17)18)7-3-4-8-15/h1,5-6,9H,3-4,7-8,10-11H2. The van der Waals surface area contributed by atoms with E-state index < -0.39 is 0 Å². The predicted molar refractivity (Wildman–Crippen MR) is 70.0 cm³/mol. The summed E-state index contributed by atoms with van der Waals surface area (Å²) >= 11 is 0. The summed E-state index contributed by atoms with van der Waals surface area (Å²) in [6.45, 7) is 0.789. The molecule has 0 aromatic carbocycles. The van der Waals surface area contributed by atoms with Gasteiger partial charge in [-0.15, -0.1) is 6.42 Å². The molecule has 1 saturated carbocycles. The van der Waals surface area contributed by atoms with E-state index in [1.54, 1.807) is 11.1 Å². The minimum absolute atomic E-state index is 0.173. The fourth-order valence-electron chi connectivity index (χ4n) is 3.27. The van der Waals surface area contributed by atoms with Crippen LogP contribution >= 0.6 is 0 Å². The fourth-order valence-corrected chi connectivity index (χ4v) is 3.27. The van der Waals surface area contributed by atoms with Crippen LogP contribution < -0.4 is 4.90 Å². The van der Waals surface area contributed by atoms with E-state index in [1.807, 2.05) is 12.1 Å². The second kappa shape index (κ2) is 4.13. The highest BCUT2D eigenvalue weighted by Gasteiger charge is 2.45. The van der Waals surface area contributed by atoms with Crippen molar-refractivity contribution >= 4 is 11.7 Å². The lowest BCUT2D eigenvalue weighted by atomic mass is 9.85. The summed E-state index contributed by atoms with van der Waals surface area (Å²) in [6, 6.07) is 3.65. The van der Waals surface area contributed by atoms with Gasteiger partial charge in [-0.1, -0.05) is 18.8 Å². The summed E-state index contributed by atoms with van der Waals surface area (Å²) in [6.07, 6.45) is 12.6. The van der Waals surface area contributed by atoms with Crippen LogP contribution in [-0.4, -0.2) is 17.4 Å². The molecule has 1 amide bonds. The first kappa shape index (κ1) is 11.3. The number of nitrogens with zero attached hydrogens (tertiary/aromatic N) is 2. The lowest BCUT2D eigenvalue weighted by molar-refractivity contribution is -0.117. The third kappa shape index (κ3) is 1.69. The maximum absolute atomic E-state index is 12.2. The summed E-state index contributed by atoms with van der Waals surface area (Å²) in [7, 11) is 0. The number of amides is 1. The van der Waals surface area contributed by atoms with Gasteiger partial charge in [0.25, 0.3) is 0 Å². The molecule has 0 radical (unpaired) electrons. The quantitative estimate of drug-likeness (QED) is 0.706. The Kier molecular flexibility index (Phi) is 2.59. The first-order valence-electron chi connectivity index (χ1n) is 6.46. The molecule has 1 saturated heterocycles. The van der Waals surface area contributed by atoms with E-state index >= 15 is 0 Å². The van der Waals surface area contributed by atoms with Gasteiger partial charge in [-0.2, -0.15) is 0 Å². The molecule has 0 N–H and O–H groups in total. The van der Waals surface area contributed by atoms with Crippen LogP contribution in [0.1, 0.15) is 37.7 Å². The van der Waals surface area contributed by atoms with Crippen LogP contribution in [0.4, 0.5) is 5.82 Å². The largest absolute Gasteiger partial charge is 0.295 e. The van der Waals surface area contributed by atoms with Crippen LogP contribution in [0.15, 0.2) is 18.3 Å². The Hall–Kier alpha value is -1.82. The minimum atomic E-state index is 0.173. The van der Waals surface area contributed by atoms with Gasteiger partial charge in [-0.3, -0.25) is 9.69 Å². The molecule has 3 heteroatoms. The minimum Gasteiger partial charge on any atom is -0.295 e. The average Bonchev–Trinajstić information content (AvgIpc) is 2.97. The first-order chi connectivity index (χ1) is 8.74. The molecule has 3 nitrogen and oxygen atoms in total. The molecule has 1 aliphatic carbocycles. The number of hydrogen-bond donors (Lipinski definition) is 0. The Bertz CT molecular complexity index is 524. The Balaban J connectivity index is 1.94. The number of carbonyl (C=O) groups is 1. The number of rotatable bonds is 1. The summed E-state index contributed by atoms with van der Waals surface area (Å²) in [5.41, 5.74) is 0.904.